The smallest absolute Gasteiger partial charge is 0.323 e. The predicted octanol–water partition coefficient (Wildman–Crippen LogP) is 4.39. The molecule has 2 N–H and O–H groups in total. The van der Waals surface area contributed by atoms with Gasteiger partial charge in [0.1, 0.15) is 17.9 Å². The molecule has 0 atom stereocenters. The molecule has 178 valence electrons. The first-order chi connectivity index (χ1) is 16.9. The van der Waals surface area contributed by atoms with Gasteiger partial charge in [-0.05, 0) is 50.7 Å². The van der Waals surface area contributed by atoms with E-state index in [9.17, 15) is 14.4 Å². The number of imide groups is 1. The average Bonchev–Trinajstić information content (AvgIpc) is 3.29. The summed E-state index contributed by atoms with van der Waals surface area (Å²) in [5, 5.41) is 7.71. The molecule has 3 heterocycles. The summed E-state index contributed by atoms with van der Waals surface area (Å²) in [7, 11) is 0. The number of amides is 4. The molecule has 6 rings (SSSR count). The van der Waals surface area contributed by atoms with E-state index in [2.05, 4.69) is 17.6 Å². The zero-order valence-corrected chi connectivity index (χ0v) is 19.8. The lowest BCUT2D eigenvalue weighted by Crippen LogP contribution is -2.49. The Morgan fingerprint density at radius 2 is 1.77 bits per heavy atom. The van der Waals surface area contributed by atoms with Crippen molar-refractivity contribution in [2.24, 2.45) is 5.92 Å². The lowest BCUT2D eigenvalue weighted by Gasteiger charge is -2.33. The molecule has 2 aromatic heterocycles. The Balaban J connectivity index is 1.37. The molecule has 8 nitrogen and oxygen atoms in total. The number of nitrogens with one attached hydrogen (secondary N) is 2. The molecule has 1 spiro atoms. The van der Waals surface area contributed by atoms with Crippen LogP contribution in [0.4, 0.5) is 10.5 Å². The minimum Gasteiger partial charge on any atom is -0.323 e. The average molecular weight is 470 g/mol. The Kier molecular flexibility index (Phi) is 4.81. The van der Waals surface area contributed by atoms with Crippen LogP contribution in [-0.2, 0) is 9.59 Å². The molecule has 0 unspecified atom stereocenters. The monoisotopic (exact) mass is 469 g/mol. The molecule has 1 saturated carbocycles. The molecule has 1 aliphatic heterocycles. The maximum Gasteiger partial charge on any atom is 0.325 e. The number of hydrogen-bond donors (Lipinski definition) is 2. The second-order valence-corrected chi connectivity index (χ2v) is 9.89. The minimum absolute atomic E-state index is 0.290. The van der Waals surface area contributed by atoms with Crippen molar-refractivity contribution in [1.82, 2.24) is 19.6 Å². The topological polar surface area (TPSA) is 95.8 Å². The van der Waals surface area contributed by atoms with Crippen molar-refractivity contribution in [3.63, 3.8) is 0 Å². The van der Waals surface area contributed by atoms with E-state index < -0.39 is 17.5 Å². The number of urea groups is 1. The minimum atomic E-state index is -0.863. The SMILES string of the molecule is Cc1nc2ccccc2c2c(NC(=O)CN3C(=O)NC4(CCC(C)CC4)C3=O)c3ccccc3n12. The quantitative estimate of drug-likeness (QED) is 0.435. The van der Waals surface area contributed by atoms with Crippen LogP contribution in [0.25, 0.3) is 27.3 Å². The van der Waals surface area contributed by atoms with Gasteiger partial charge in [0.2, 0.25) is 5.91 Å². The maximum absolute atomic E-state index is 13.3. The van der Waals surface area contributed by atoms with Gasteiger partial charge in [0.25, 0.3) is 5.91 Å². The van der Waals surface area contributed by atoms with Gasteiger partial charge in [-0.2, -0.15) is 0 Å². The van der Waals surface area contributed by atoms with Gasteiger partial charge < -0.3 is 10.6 Å². The lowest BCUT2D eigenvalue weighted by atomic mass is 9.77. The van der Waals surface area contributed by atoms with E-state index in [1.165, 1.54) is 0 Å². The number of para-hydroxylation sites is 2. The first-order valence-corrected chi connectivity index (χ1v) is 12.1. The van der Waals surface area contributed by atoms with Gasteiger partial charge in [-0.15, -0.1) is 0 Å². The van der Waals surface area contributed by atoms with E-state index in [-0.39, 0.29) is 12.5 Å². The van der Waals surface area contributed by atoms with Gasteiger partial charge in [-0.1, -0.05) is 43.3 Å². The highest BCUT2D eigenvalue weighted by Crippen LogP contribution is 2.38. The van der Waals surface area contributed by atoms with Crippen LogP contribution in [-0.4, -0.2) is 44.2 Å². The summed E-state index contributed by atoms with van der Waals surface area (Å²) in [5.41, 5.74) is 2.40. The Hall–Kier alpha value is -3.94. The highest BCUT2D eigenvalue weighted by Gasteiger charge is 2.52. The third-order valence-corrected chi connectivity index (χ3v) is 7.58. The third kappa shape index (κ3) is 3.27. The van der Waals surface area contributed by atoms with Crippen molar-refractivity contribution < 1.29 is 14.4 Å². The number of hydrogen-bond acceptors (Lipinski definition) is 4. The van der Waals surface area contributed by atoms with Crippen molar-refractivity contribution in [3.05, 3.63) is 54.4 Å². The van der Waals surface area contributed by atoms with Crippen LogP contribution < -0.4 is 10.6 Å². The molecule has 4 aromatic rings. The van der Waals surface area contributed by atoms with E-state index >= 15 is 0 Å². The predicted molar refractivity (Wildman–Crippen MR) is 134 cm³/mol. The zero-order chi connectivity index (χ0) is 24.3. The van der Waals surface area contributed by atoms with Crippen LogP contribution in [0.2, 0.25) is 0 Å². The number of aryl methyl sites for hydroxylation is 1. The van der Waals surface area contributed by atoms with E-state index in [0.717, 1.165) is 50.9 Å². The molecule has 1 saturated heterocycles. The highest BCUT2D eigenvalue weighted by atomic mass is 16.2. The number of fused-ring (bicyclic) bond motifs is 5. The first-order valence-electron chi connectivity index (χ1n) is 12.1. The first kappa shape index (κ1) is 21.6. The Morgan fingerprint density at radius 1 is 1.09 bits per heavy atom. The van der Waals surface area contributed by atoms with Gasteiger partial charge in [-0.3, -0.25) is 18.9 Å². The molecule has 2 aliphatic rings. The number of nitrogens with zero attached hydrogens (tertiary/aromatic N) is 3. The van der Waals surface area contributed by atoms with E-state index in [4.69, 9.17) is 4.98 Å². The molecule has 2 fully saturated rings. The number of benzene rings is 2. The summed E-state index contributed by atoms with van der Waals surface area (Å²) in [6, 6.07) is 15.1. The largest absolute Gasteiger partial charge is 0.325 e. The number of carbonyl (C=O) groups excluding carboxylic acids is 3. The van der Waals surface area contributed by atoms with Crippen LogP contribution in [0.3, 0.4) is 0 Å². The molecule has 1 aliphatic carbocycles. The van der Waals surface area contributed by atoms with Crippen molar-refractivity contribution >= 4 is 50.9 Å². The number of aromatic nitrogens is 2. The molecule has 4 amide bonds. The van der Waals surface area contributed by atoms with Gasteiger partial charge in [0, 0.05) is 10.8 Å². The number of rotatable bonds is 3. The fourth-order valence-corrected chi connectivity index (χ4v) is 5.69. The fourth-order valence-electron chi connectivity index (χ4n) is 5.69. The normalized spacial score (nSPS) is 22.5. The van der Waals surface area contributed by atoms with Crippen LogP contribution >= 0.6 is 0 Å². The molecule has 8 heteroatoms. The Bertz CT molecular complexity index is 1530. The molecule has 0 radical (unpaired) electrons. The number of carbonyl (C=O) groups is 3. The molecule has 35 heavy (non-hydrogen) atoms. The van der Waals surface area contributed by atoms with E-state index in [1.54, 1.807) is 0 Å². The second kappa shape index (κ2) is 7.80. The Labute approximate surface area is 202 Å². The molecule has 0 bridgehead atoms. The van der Waals surface area contributed by atoms with Crippen LogP contribution in [0.15, 0.2) is 48.5 Å². The van der Waals surface area contributed by atoms with Crippen molar-refractivity contribution in [2.45, 2.75) is 45.1 Å². The van der Waals surface area contributed by atoms with Gasteiger partial charge in [-0.25, -0.2) is 9.78 Å². The van der Waals surface area contributed by atoms with E-state index in [1.807, 2.05) is 59.9 Å². The molecular formula is C27H27N5O3. The van der Waals surface area contributed by atoms with Crippen molar-refractivity contribution in [3.8, 4) is 0 Å². The fraction of sp³-hybridized carbons (Fsp3) is 0.333. The molecular weight excluding hydrogens is 442 g/mol. The summed E-state index contributed by atoms with van der Waals surface area (Å²) in [4.78, 5) is 45.0. The second-order valence-electron chi connectivity index (χ2n) is 9.89. The van der Waals surface area contributed by atoms with Gasteiger partial charge >= 0.3 is 6.03 Å². The molecule has 2 aromatic carbocycles. The number of anilines is 1. The summed E-state index contributed by atoms with van der Waals surface area (Å²) in [5.74, 6) is 0.637. The Morgan fingerprint density at radius 3 is 2.54 bits per heavy atom. The summed E-state index contributed by atoms with van der Waals surface area (Å²) in [6.45, 7) is 3.78. The summed E-state index contributed by atoms with van der Waals surface area (Å²) in [6.07, 6.45) is 3.00. The third-order valence-electron chi connectivity index (χ3n) is 7.58. The van der Waals surface area contributed by atoms with Gasteiger partial charge in [0.15, 0.2) is 0 Å². The standard InChI is InChI=1S/C27H27N5O3/c1-16-11-13-27(14-12-16)25(34)31(26(35)30-27)15-22(33)29-23-19-8-4-6-10-21(19)32-17(2)28-20-9-5-3-7-18(20)24(23)32/h3-10,16H,11-15H2,1-2H3,(H,29,33)(H,30,35). The van der Waals surface area contributed by atoms with Crippen LogP contribution in [0.1, 0.15) is 38.4 Å². The lowest BCUT2D eigenvalue weighted by molar-refractivity contribution is -0.135. The van der Waals surface area contributed by atoms with Crippen molar-refractivity contribution in [1.29, 1.82) is 0 Å². The zero-order valence-electron chi connectivity index (χ0n) is 19.8. The van der Waals surface area contributed by atoms with E-state index in [0.29, 0.717) is 24.4 Å². The summed E-state index contributed by atoms with van der Waals surface area (Å²) >= 11 is 0. The summed E-state index contributed by atoms with van der Waals surface area (Å²) < 4.78 is 2.04. The van der Waals surface area contributed by atoms with Crippen molar-refractivity contribution in [2.75, 3.05) is 11.9 Å². The maximum atomic E-state index is 13.3. The van der Waals surface area contributed by atoms with Crippen LogP contribution in [0.5, 0.6) is 0 Å². The highest BCUT2D eigenvalue weighted by molar-refractivity contribution is 6.17. The van der Waals surface area contributed by atoms with Gasteiger partial charge in [0.05, 0.1) is 22.2 Å². The van der Waals surface area contributed by atoms with Crippen LogP contribution in [0, 0.1) is 12.8 Å².